The zero-order chi connectivity index (χ0) is 20.4. The summed E-state index contributed by atoms with van der Waals surface area (Å²) < 4.78 is 33.5. The minimum absolute atomic E-state index is 0.0453. The van der Waals surface area contributed by atoms with E-state index in [0.717, 1.165) is 18.7 Å². The first-order valence-corrected chi connectivity index (χ1v) is 11.3. The molecule has 1 saturated heterocycles. The molecule has 1 fully saturated rings. The zero-order valence-corrected chi connectivity index (χ0v) is 17.3. The number of rotatable bonds is 6. The molecule has 3 aromatic rings. The maximum atomic E-state index is 12.5. The van der Waals surface area contributed by atoms with Gasteiger partial charge in [0.15, 0.2) is 5.13 Å². The molecule has 2 heterocycles. The Morgan fingerprint density at radius 1 is 1.24 bits per heavy atom. The van der Waals surface area contributed by atoms with Gasteiger partial charge in [0.2, 0.25) is 0 Å². The molecule has 0 bridgehead atoms. The van der Waals surface area contributed by atoms with Crippen molar-refractivity contribution in [2.75, 3.05) is 17.8 Å². The number of thiazole rings is 1. The van der Waals surface area contributed by atoms with Crippen molar-refractivity contribution in [3.8, 4) is 17.6 Å². The van der Waals surface area contributed by atoms with Crippen molar-refractivity contribution in [1.29, 1.82) is 5.26 Å². The highest BCUT2D eigenvalue weighted by atomic mass is 35.5. The second-order valence-electron chi connectivity index (χ2n) is 6.35. The van der Waals surface area contributed by atoms with Crippen molar-refractivity contribution < 1.29 is 13.2 Å². The van der Waals surface area contributed by atoms with E-state index >= 15 is 0 Å². The summed E-state index contributed by atoms with van der Waals surface area (Å²) in [4.78, 5) is 3.87. The van der Waals surface area contributed by atoms with Gasteiger partial charge in [0.05, 0.1) is 10.5 Å². The highest BCUT2D eigenvalue weighted by Gasteiger charge is 2.24. The number of nitrogens with one attached hydrogen (secondary N) is 2. The number of sulfonamides is 1. The van der Waals surface area contributed by atoms with Gasteiger partial charge in [-0.3, -0.25) is 4.72 Å². The summed E-state index contributed by atoms with van der Waals surface area (Å²) in [7, 11) is -3.86. The quantitative estimate of drug-likeness (QED) is 0.594. The molecule has 0 aliphatic carbocycles. The summed E-state index contributed by atoms with van der Waals surface area (Å²) in [5, 5.41) is 15.3. The molecule has 0 radical (unpaired) electrons. The SMILES string of the molecule is N#Cc1cc(S(=O)(=O)Nc2nccs2)ccc1Oc1ccc(Cl)cc1C1CNC1. The minimum Gasteiger partial charge on any atom is -0.456 e. The number of hydrogen-bond donors (Lipinski definition) is 2. The topological polar surface area (TPSA) is 104 Å². The first-order chi connectivity index (χ1) is 14.0. The summed E-state index contributed by atoms with van der Waals surface area (Å²) in [6.07, 6.45) is 1.50. The number of hydrogen-bond acceptors (Lipinski definition) is 7. The Morgan fingerprint density at radius 3 is 2.69 bits per heavy atom. The summed E-state index contributed by atoms with van der Waals surface area (Å²) in [6.45, 7) is 1.64. The van der Waals surface area contributed by atoms with Gasteiger partial charge in [0.1, 0.15) is 17.6 Å². The Bertz CT molecular complexity index is 1190. The standard InChI is InChI=1S/C19H15ClN4O3S2/c20-14-1-3-18(16(8-14)13-10-22-11-13)27-17-4-2-15(7-12(17)9-21)29(25,26)24-19-23-5-6-28-19/h1-8,13,22H,10-11H2,(H,23,24). The molecule has 29 heavy (non-hydrogen) atoms. The molecule has 0 saturated carbocycles. The van der Waals surface area contributed by atoms with E-state index in [1.54, 1.807) is 17.5 Å². The third kappa shape index (κ3) is 4.21. The molecule has 2 N–H and O–H groups in total. The molecule has 0 unspecified atom stereocenters. The van der Waals surface area contributed by atoms with Crippen molar-refractivity contribution in [2.45, 2.75) is 10.8 Å². The van der Waals surface area contributed by atoms with Crippen LogP contribution in [-0.2, 0) is 10.0 Å². The lowest BCUT2D eigenvalue weighted by atomic mass is 9.93. The van der Waals surface area contributed by atoms with Crippen LogP contribution >= 0.6 is 22.9 Å². The zero-order valence-electron chi connectivity index (χ0n) is 14.9. The third-order valence-electron chi connectivity index (χ3n) is 4.45. The number of anilines is 1. The first kappa shape index (κ1) is 19.7. The number of nitrogens with zero attached hydrogens (tertiary/aromatic N) is 2. The van der Waals surface area contributed by atoms with Gasteiger partial charge in [-0.1, -0.05) is 11.6 Å². The van der Waals surface area contributed by atoms with E-state index in [-0.39, 0.29) is 27.3 Å². The van der Waals surface area contributed by atoms with E-state index in [1.165, 1.54) is 35.7 Å². The Hall–Kier alpha value is -2.64. The molecule has 4 rings (SSSR count). The number of halogens is 1. The molecule has 1 aliphatic rings. The van der Waals surface area contributed by atoms with Gasteiger partial charge < -0.3 is 10.1 Å². The van der Waals surface area contributed by atoms with Crippen LogP contribution in [0.2, 0.25) is 5.02 Å². The molecular formula is C19H15ClN4O3S2. The van der Waals surface area contributed by atoms with Crippen LogP contribution in [-0.4, -0.2) is 26.5 Å². The van der Waals surface area contributed by atoms with Crippen LogP contribution in [0.1, 0.15) is 17.0 Å². The van der Waals surface area contributed by atoms with Crippen molar-refractivity contribution in [1.82, 2.24) is 10.3 Å². The van der Waals surface area contributed by atoms with Crippen LogP contribution in [0.3, 0.4) is 0 Å². The van der Waals surface area contributed by atoms with E-state index in [4.69, 9.17) is 16.3 Å². The van der Waals surface area contributed by atoms with Crippen LogP contribution in [0.5, 0.6) is 11.5 Å². The van der Waals surface area contributed by atoms with Crippen LogP contribution in [0.4, 0.5) is 5.13 Å². The van der Waals surface area contributed by atoms with E-state index in [0.29, 0.717) is 10.8 Å². The molecule has 7 nitrogen and oxygen atoms in total. The summed E-state index contributed by atoms with van der Waals surface area (Å²) in [6, 6.07) is 11.5. The maximum absolute atomic E-state index is 12.5. The molecule has 0 spiro atoms. The van der Waals surface area contributed by atoms with E-state index in [9.17, 15) is 13.7 Å². The van der Waals surface area contributed by atoms with Crippen LogP contribution in [0, 0.1) is 11.3 Å². The Morgan fingerprint density at radius 2 is 2.03 bits per heavy atom. The monoisotopic (exact) mass is 446 g/mol. The van der Waals surface area contributed by atoms with Gasteiger partial charge in [-0.2, -0.15) is 5.26 Å². The number of nitriles is 1. The van der Waals surface area contributed by atoms with Gasteiger partial charge in [0.25, 0.3) is 10.0 Å². The van der Waals surface area contributed by atoms with Crippen LogP contribution in [0.25, 0.3) is 0 Å². The number of ether oxygens (including phenoxy) is 1. The second-order valence-corrected chi connectivity index (χ2v) is 9.37. The molecule has 1 aliphatic heterocycles. The molecular weight excluding hydrogens is 432 g/mol. The van der Waals surface area contributed by atoms with Crippen molar-refractivity contribution in [3.05, 3.63) is 64.1 Å². The van der Waals surface area contributed by atoms with E-state index in [2.05, 4.69) is 15.0 Å². The van der Waals surface area contributed by atoms with Gasteiger partial charge in [0, 0.05) is 41.2 Å². The fourth-order valence-electron chi connectivity index (χ4n) is 2.86. The predicted octanol–water partition coefficient (Wildman–Crippen LogP) is 3.95. The molecule has 0 atom stereocenters. The Kier molecular flexibility index (Phi) is 5.43. The van der Waals surface area contributed by atoms with Gasteiger partial charge in [-0.15, -0.1) is 11.3 Å². The molecule has 10 heteroatoms. The lowest BCUT2D eigenvalue weighted by molar-refractivity contribution is 0.418. The second kappa shape index (κ2) is 8.00. The maximum Gasteiger partial charge on any atom is 0.263 e. The normalized spacial score (nSPS) is 14.1. The van der Waals surface area contributed by atoms with Crippen LogP contribution < -0.4 is 14.8 Å². The average molecular weight is 447 g/mol. The first-order valence-electron chi connectivity index (χ1n) is 8.61. The largest absolute Gasteiger partial charge is 0.456 e. The van der Waals surface area contributed by atoms with Crippen molar-refractivity contribution in [2.24, 2.45) is 0 Å². The van der Waals surface area contributed by atoms with E-state index in [1.807, 2.05) is 12.1 Å². The van der Waals surface area contributed by atoms with Crippen molar-refractivity contribution in [3.63, 3.8) is 0 Å². The van der Waals surface area contributed by atoms with E-state index < -0.39 is 10.0 Å². The number of benzene rings is 2. The molecule has 1 aromatic heterocycles. The molecule has 2 aromatic carbocycles. The van der Waals surface area contributed by atoms with Gasteiger partial charge in [-0.25, -0.2) is 13.4 Å². The van der Waals surface area contributed by atoms with Crippen LogP contribution in [0.15, 0.2) is 52.9 Å². The van der Waals surface area contributed by atoms with Gasteiger partial charge in [-0.05, 0) is 36.4 Å². The highest BCUT2D eigenvalue weighted by molar-refractivity contribution is 7.93. The molecule has 148 valence electrons. The smallest absolute Gasteiger partial charge is 0.263 e. The fourth-order valence-corrected chi connectivity index (χ4v) is 4.85. The summed E-state index contributed by atoms with van der Waals surface area (Å²) in [5.41, 5.74) is 1.06. The Labute approximate surface area is 177 Å². The van der Waals surface area contributed by atoms with Crippen molar-refractivity contribution >= 4 is 38.1 Å². The third-order valence-corrected chi connectivity index (χ3v) is 6.84. The minimum atomic E-state index is -3.86. The fraction of sp³-hybridized carbons (Fsp3) is 0.158. The molecule has 0 amide bonds. The summed E-state index contributed by atoms with van der Waals surface area (Å²) in [5.74, 6) is 1.14. The van der Waals surface area contributed by atoms with Gasteiger partial charge >= 0.3 is 0 Å². The Balaban J connectivity index is 1.64. The lowest BCUT2D eigenvalue weighted by Gasteiger charge is -2.29. The lowest BCUT2D eigenvalue weighted by Crippen LogP contribution is -2.40. The number of aromatic nitrogens is 1. The predicted molar refractivity (Wildman–Crippen MR) is 111 cm³/mol. The average Bonchev–Trinajstić information content (AvgIpc) is 3.15. The summed E-state index contributed by atoms with van der Waals surface area (Å²) >= 11 is 7.29. The highest BCUT2D eigenvalue weighted by Crippen LogP contribution is 2.36.